The Morgan fingerprint density at radius 2 is 2.07 bits per heavy atom. The van der Waals surface area contributed by atoms with Gasteiger partial charge in [-0.05, 0) is 32.4 Å². The first-order chi connectivity index (χ1) is 13.5. The predicted octanol–water partition coefficient (Wildman–Crippen LogP) is 3.13. The number of benzene rings is 1. The first-order valence-electron chi connectivity index (χ1n) is 8.70. The van der Waals surface area contributed by atoms with Crippen LogP contribution in [0.1, 0.15) is 29.9 Å². The van der Waals surface area contributed by atoms with Gasteiger partial charge in [0.1, 0.15) is 17.7 Å². The second-order valence-corrected chi connectivity index (χ2v) is 6.50. The van der Waals surface area contributed by atoms with E-state index in [0.29, 0.717) is 28.7 Å². The highest BCUT2D eigenvalue weighted by molar-refractivity contribution is 6.04. The second-order valence-electron chi connectivity index (χ2n) is 6.50. The number of fused-ring (bicyclic) bond motifs is 1. The Morgan fingerprint density at radius 1 is 1.21 bits per heavy atom. The lowest BCUT2D eigenvalue weighted by Crippen LogP contribution is -2.15. The van der Waals surface area contributed by atoms with E-state index >= 15 is 0 Å². The molecule has 9 heteroatoms. The third-order valence-electron chi connectivity index (χ3n) is 4.07. The Morgan fingerprint density at radius 3 is 2.82 bits per heavy atom. The second kappa shape index (κ2) is 7.10. The number of hydrogen-bond donors (Lipinski definition) is 1. The van der Waals surface area contributed by atoms with Gasteiger partial charge in [-0.15, -0.1) is 0 Å². The van der Waals surface area contributed by atoms with Crippen LogP contribution >= 0.6 is 0 Å². The van der Waals surface area contributed by atoms with E-state index in [1.165, 1.54) is 18.9 Å². The van der Waals surface area contributed by atoms with Crippen molar-refractivity contribution in [3.05, 3.63) is 54.4 Å². The number of rotatable bonds is 5. The van der Waals surface area contributed by atoms with Crippen LogP contribution in [0.4, 0.5) is 5.69 Å². The van der Waals surface area contributed by atoms with E-state index in [1.54, 1.807) is 16.5 Å². The van der Waals surface area contributed by atoms with E-state index in [4.69, 9.17) is 9.26 Å². The van der Waals surface area contributed by atoms with Gasteiger partial charge in [-0.2, -0.15) is 4.98 Å². The van der Waals surface area contributed by atoms with Crippen LogP contribution in [0, 0.1) is 6.92 Å². The number of carbonyl (C=O) groups is 1. The summed E-state index contributed by atoms with van der Waals surface area (Å²) in [6, 6.07) is 7.24. The summed E-state index contributed by atoms with van der Waals surface area (Å²) >= 11 is 0. The van der Waals surface area contributed by atoms with Crippen LogP contribution in [0.5, 0.6) is 5.88 Å². The minimum Gasteiger partial charge on any atom is -0.475 e. The van der Waals surface area contributed by atoms with Crippen LogP contribution in [0.25, 0.3) is 17.0 Å². The van der Waals surface area contributed by atoms with Crippen LogP contribution in [0.2, 0.25) is 0 Å². The molecule has 3 heterocycles. The molecule has 1 aromatic carbocycles. The van der Waals surface area contributed by atoms with Crippen molar-refractivity contribution in [1.29, 1.82) is 0 Å². The average Bonchev–Trinajstić information content (AvgIpc) is 3.32. The summed E-state index contributed by atoms with van der Waals surface area (Å²) in [5, 5.41) is 6.73. The number of aryl methyl sites for hydroxylation is 1. The Labute approximate surface area is 160 Å². The molecule has 1 N–H and O–H groups in total. The van der Waals surface area contributed by atoms with Gasteiger partial charge in [0.15, 0.2) is 0 Å². The topological polar surface area (TPSA) is 107 Å². The Kier molecular flexibility index (Phi) is 4.48. The van der Waals surface area contributed by atoms with Gasteiger partial charge in [0, 0.05) is 17.3 Å². The molecule has 0 bridgehead atoms. The molecule has 0 radical (unpaired) electrons. The van der Waals surface area contributed by atoms with Crippen molar-refractivity contribution in [2.24, 2.45) is 0 Å². The molecular formula is C19H18N6O3. The van der Waals surface area contributed by atoms with E-state index in [-0.39, 0.29) is 12.0 Å². The molecule has 0 atom stereocenters. The zero-order valence-corrected chi connectivity index (χ0v) is 15.6. The van der Waals surface area contributed by atoms with Gasteiger partial charge in [0.05, 0.1) is 12.3 Å². The molecule has 0 saturated heterocycles. The number of nitrogens with one attached hydrogen (secondary N) is 1. The number of anilines is 1. The summed E-state index contributed by atoms with van der Waals surface area (Å²) in [4.78, 5) is 25.4. The predicted molar refractivity (Wildman–Crippen MR) is 101 cm³/mol. The number of ether oxygens (including phenoxy) is 1. The minimum absolute atomic E-state index is 0.00198. The molecule has 28 heavy (non-hydrogen) atoms. The maximum absolute atomic E-state index is 12.8. The van der Waals surface area contributed by atoms with E-state index < -0.39 is 0 Å². The lowest BCUT2D eigenvalue weighted by Gasteiger charge is -2.10. The molecular weight excluding hydrogens is 360 g/mol. The lowest BCUT2D eigenvalue weighted by atomic mass is 10.1. The number of amides is 1. The zero-order chi connectivity index (χ0) is 19.7. The van der Waals surface area contributed by atoms with Gasteiger partial charge in [-0.25, -0.2) is 9.97 Å². The maximum Gasteiger partial charge on any atom is 0.274 e. The summed E-state index contributed by atoms with van der Waals surface area (Å²) in [6.07, 6.45) is 4.29. The molecule has 0 unspecified atom stereocenters. The quantitative estimate of drug-likeness (QED) is 0.568. The third kappa shape index (κ3) is 3.41. The molecule has 0 fully saturated rings. The van der Waals surface area contributed by atoms with Gasteiger partial charge in [-0.3, -0.25) is 9.20 Å². The van der Waals surface area contributed by atoms with Gasteiger partial charge in [-0.1, -0.05) is 17.3 Å². The standard InChI is InChI=1S/C19H18N6O3/c1-11(2)28-17-7-16-20-8-15(25(16)9-21-17)19(26)23-14-6-13(5-4-12(14)3)18-22-10-27-24-18/h4-11H,1-3H3,(H,23,26). The minimum atomic E-state index is -0.305. The van der Waals surface area contributed by atoms with Gasteiger partial charge >= 0.3 is 0 Å². The van der Waals surface area contributed by atoms with Crippen molar-refractivity contribution in [2.75, 3.05) is 5.32 Å². The van der Waals surface area contributed by atoms with Crippen molar-refractivity contribution in [3.8, 4) is 17.3 Å². The number of carbonyl (C=O) groups excluding carboxylic acids is 1. The highest BCUT2D eigenvalue weighted by Gasteiger charge is 2.15. The first-order valence-corrected chi connectivity index (χ1v) is 8.70. The summed E-state index contributed by atoms with van der Waals surface area (Å²) in [5.74, 6) is 0.607. The van der Waals surface area contributed by atoms with Gasteiger partial charge in [0.25, 0.3) is 5.91 Å². The van der Waals surface area contributed by atoms with E-state index in [0.717, 1.165) is 11.1 Å². The summed E-state index contributed by atoms with van der Waals surface area (Å²) in [5.41, 5.74) is 3.23. The molecule has 9 nitrogen and oxygen atoms in total. The van der Waals surface area contributed by atoms with E-state index in [2.05, 4.69) is 25.4 Å². The fourth-order valence-electron chi connectivity index (χ4n) is 2.72. The third-order valence-corrected chi connectivity index (χ3v) is 4.07. The van der Waals surface area contributed by atoms with E-state index in [9.17, 15) is 4.79 Å². The Balaban J connectivity index is 1.61. The number of nitrogens with zero attached hydrogens (tertiary/aromatic N) is 5. The zero-order valence-electron chi connectivity index (χ0n) is 15.6. The molecule has 4 aromatic rings. The maximum atomic E-state index is 12.8. The summed E-state index contributed by atoms with van der Waals surface area (Å²) in [7, 11) is 0. The van der Waals surface area contributed by atoms with Crippen LogP contribution < -0.4 is 10.1 Å². The SMILES string of the molecule is Cc1ccc(-c2ncon2)cc1NC(=O)c1cnc2cc(OC(C)C)ncn12. The molecule has 142 valence electrons. The normalized spacial score (nSPS) is 11.1. The first kappa shape index (κ1) is 17.7. The van der Waals surface area contributed by atoms with Crippen LogP contribution in [-0.2, 0) is 0 Å². The molecule has 0 aliphatic carbocycles. The van der Waals surface area contributed by atoms with Gasteiger partial charge in [0.2, 0.25) is 18.1 Å². The van der Waals surface area contributed by atoms with Crippen LogP contribution in [0.15, 0.2) is 47.7 Å². The lowest BCUT2D eigenvalue weighted by molar-refractivity contribution is 0.102. The number of hydrogen-bond acceptors (Lipinski definition) is 7. The highest BCUT2D eigenvalue weighted by atomic mass is 16.5. The Bertz CT molecular complexity index is 1130. The molecule has 1 amide bonds. The summed E-state index contributed by atoms with van der Waals surface area (Å²) in [6.45, 7) is 5.74. The largest absolute Gasteiger partial charge is 0.475 e. The molecule has 0 spiro atoms. The number of imidazole rings is 1. The van der Waals surface area contributed by atoms with Crippen molar-refractivity contribution < 1.29 is 14.1 Å². The molecule has 3 aromatic heterocycles. The van der Waals surface area contributed by atoms with Gasteiger partial charge < -0.3 is 14.6 Å². The molecule has 4 rings (SSSR count). The average molecular weight is 378 g/mol. The van der Waals surface area contributed by atoms with Crippen LogP contribution in [0.3, 0.4) is 0 Å². The van der Waals surface area contributed by atoms with Crippen molar-refractivity contribution >= 4 is 17.2 Å². The van der Waals surface area contributed by atoms with Crippen molar-refractivity contribution in [3.63, 3.8) is 0 Å². The Hall–Kier alpha value is -3.75. The fourth-order valence-corrected chi connectivity index (χ4v) is 2.72. The van der Waals surface area contributed by atoms with Crippen molar-refractivity contribution in [1.82, 2.24) is 24.5 Å². The molecule has 0 aliphatic rings. The highest BCUT2D eigenvalue weighted by Crippen LogP contribution is 2.24. The van der Waals surface area contributed by atoms with E-state index in [1.807, 2.05) is 32.9 Å². The summed E-state index contributed by atoms with van der Waals surface area (Å²) < 4.78 is 12.0. The monoisotopic (exact) mass is 378 g/mol. The smallest absolute Gasteiger partial charge is 0.274 e. The van der Waals surface area contributed by atoms with Crippen LogP contribution in [-0.4, -0.2) is 36.5 Å². The fraction of sp³-hybridized carbons (Fsp3) is 0.211. The molecule has 0 aliphatic heterocycles. The van der Waals surface area contributed by atoms with Crippen molar-refractivity contribution in [2.45, 2.75) is 26.9 Å². The number of aromatic nitrogens is 5. The molecule has 0 saturated carbocycles.